The number of rotatable bonds is 12. The highest BCUT2D eigenvalue weighted by molar-refractivity contribution is 5.81. The van der Waals surface area contributed by atoms with Crippen LogP contribution >= 0.6 is 0 Å². The third-order valence-corrected chi connectivity index (χ3v) is 4.16. The van der Waals surface area contributed by atoms with Crippen molar-refractivity contribution < 1.29 is 38.3 Å². The zero-order valence-corrected chi connectivity index (χ0v) is 17.9. The van der Waals surface area contributed by atoms with E-state index in [0.717, 1.165) is 5.56 Å². The predicted molar refractivity (Wildman–Crippen MR) is 112 cm³/mol. The van der Waals surface area contributed by atoms with Gasteiger partial charge in [0.2, 0.25) is 11.6 Å². The number of amides is 1. The van der Waals surface area contributed by atoms with Crippen LogP contribution in [-0.4, -0.2) is 67.1 Å². The number of hydrogen-bond acceptors (Lipinski definition) is 9. The molecule has 0 atom stereocenters. The Kier molecular flexibility index (Phi) is 7.89. The van der Waals surface area contributed by atoms with Crippen LogP contribution in [0.5, 0.6) is 23.1 Å². The van der Waals surface area contributed by atoms with Gasteiger partial charge in [0.25, 0.3) is 0 Å². The maximum Gasteiger partial charge on any atom is 0.410 e. The highest BCUT2D eigenvalue weighted by Gasteiger charge is 2.15. The molecule has 12 heteroatoms. The number of methoxy groups -OCH3 is 3. The number of imidazole rings is 1. The lowest BCUT2D eigenvalue weighted by Gasteiger charge is -2.16. The van der Waals surface area contributed by atoms with Crippen molar-refractivity contribution in [2.24, 2.45) is 0 Å². The standard InChI is InChI=1S/C20H24N4O8/c1-27-6-7-30-12-32-19-14(28-2)8-13(9-15(19)29-3)11-31-18-5-4-17-21-16(22-20(25)26)10-24(17)23-18/h4-5,8-10,22H,6-7,11-12H2,1-3H3,(H,25,26). The van der Waals surface area contributed by atoms with E-state index in [1.165, 1.54) is 24.9 Å². The summed E-state index contributed by atoms with van der Waals surface area (Å²) in [5.41, 5.74) is 1.23. The van der Waals surface area contributed by atoms with Crippen LogP contribution in [-0.2, 0) is 16.1 Å². The number of aromatic nitrogens is 3. The first kappa shape index (κ1) is 22.9. The number of benzene rings is 1. The third kappa shape index (κ3) is 5.89. The molecule has 0 aliphatic carbocycles. The van der Waals surface area contributed by atoms with Crippen LogP contribution in [0.4, 0.5) is 10.6 Å². The minimum Gasteiger partial charge on any atom is -0.493 e. The van der Waals surface area contributed by atoms with Gasteiger partial charge in [0.1, 0.15) is 6.61 Å². The van der Waals surface area contributed by atoms with E-state index < -0.39 is 6.09 Å². The van der Waals surface area contributed by atoms with E-state index in [-0.39, 0.29) is 19.2 Å². The van der Waals surface area contributed by atoms with Crippen molar-refractivity contribution in [2.45, 2.75) is 6.61 Å². The summed E-state index contributed by atoms with van der Waals surface area (Å²) in [6.45, 7) is 1.05. The van der Waals surface area contributed by atoms with Gasteiger partial charge >= 0.3 is 6.09 Å². The Morgan fingerprint density at radius 2 is 1.84 bits per heavy atom. The van der Waals surface area contributed by atoms with Crippen molar-refractivity contribution in [2.75, 3.05) is 46.7 Å². The second-order valence-corrected chi connectivity index (χ2v) is 6.31. The Morgan fingerprint density at radius 3 is 2.50 bits per heavy atom. The SMILES string of the molecule is COCCOCOc1c(OC)cc(COc2ccc3nc(NC(=O)O)cn3n2)cc1OC. The summed E-state index contributed by atoms with van der Waals surface area (Å²) >= 11 is 0. The average molecular weight is 448 g/mol. The smallest absolute Gasteiger partial charge is 0.410 e. The molecule has 0 unspecified atom stereocenters. The molecule has 2 aromatic heterocycles. The summed E-state index contributed by atoms with van der Waals surface area (Å²) in [5.74, 6) is 1.81. The molecule has 0 radical (unpaired) electrons. The van der Waals surface area contributed by atoms with Crippen LogP contribution in [0.15, 0.2) is 30.5 Å². The minimum atomic E-state index is -1.21. The van der Waals surface area contributed by atoms with Crippen molar-refractivity contribution in [1.82, 2.24) is 14.6 Å². The van der Waals surface area contributed by atoms with Crippen molar-refractivity contribution in [3.05, 3.63) is 36.0 Å². The van der Waals surface area contributed by atoms with Gasteiger partial charge in [-0.25, -0.2) is 14.3 Å². The van der Waals surface area contributed by atoms with Gasteiger partial charge in [0.15, 0.2) is 29.8 Å². The number of anilines is 1. The number of nitrogens with one attached hydrogen (secondary N) is 1. The summed E-state index contributed by atoms with van der Waals surface area (Å²) in [6.07, 6.45) is 0.241. The van der Waals surface area contributed by atoms with Gasteiger partial charge in [-0.1, -0.05) is 0 Å². The summed E-state index contributed by atoms with van der Waals surface area (Å²) in [4.78, 5) is 14.9. The predicted octanol–water partition coefficient (Wildman–Crippen LogP) is 2.41. The van der Waals surface area contributed by atoms with Crippen LogP contribution in [0.3, 0.4) is 0 Å². The first-order chi connectivity index (χ1) is 15.5. The van der Waals surface area contributed by atoms with Crippen LogP contribution < -0.4 is 24.3 Å². The molecule has 0 saturated heterocycles. The van der Waals surface area contributed by atoms with Gasteiger partial charge in [-0.05, 0) is 23.8 Å². The number of hydrogen-bond donors (Lipinski definition) is 2. The third-order valence-electron chi connectivity index (χ3n) is 4.16. The highest BCUT2D eigenvalue weighted by Crippen LogP contribution is 2.38. The van der Waals surface area contributed by atoms with E-state index in [2.05, 4.69) is 15.4 Å². The molecule has 0 saturated carbocycles. The fraction of sp³-hybridized carbons (Fsp3) is 0.350. The van der Waals surface area contributed by atoms with Crippen molar-refractivity contribution >= 4 is 17.6 Å². The fourth-order valence-corrected chi connectivity index (χ4v) is 2.73. The highest BCUT2D eigenvalue weighted by atomic mass is 16.7. The molecule has 1 amide bonds. The molecule has 3 rings (SSSR count). The number of ether oxygens (including phenoxy) is 6. The van der Waals surface area contributed by atoms with Crippen molar-refractivity contribution in [3.8, 4) is 23.1 Å². The zero-order valence-electron chi connectivity index (χ0n) is 17.9. The van der Waals surface area contributed by atoms with Crippen LogP contribution in [0, 0.1) is 0 Å². The van der Waals surface area contributed by atoms with Gasteiger partial charge in [-0.3, -0.25) is 5.32 Å². The summed E-state index contributed by atoms with van der Waals surface area (Å²) in [5, 5.41) is 15.2. The summed E-state index contributed by atoms with van der Waals surface area (Å²) in [7, 11) is 4.64. The zero-order chi connectivity index (χ0) is 22.9. The summed E-state index contributed by atoms with van der Waals surface area (Å²) in [6, 6.07) is 6.82. The molecule has 12 nitrogen and oxygen atoms in total. The Bertz CT molecular complexity index is 1030. The Balaban J connectivity index is 1.69. The molecule has 0 aliphatic rings. The lowest BCUT2D eigenvalue weighted by atomic mass is 10.2. The topological polar surface area (TPSA) is 135 Å². The lowest BCUT2D eigenvalue weighted by molar-refractivity contribution is -0.0105. The Hall–Kier alpha value is -3.77. The molecule has 32 heavy (non-hydrogen) atoms. The van der Waals surface area contributed by atoms with Crippen LogP contribution in [0.1, 0.15) is 5.56 Å². The van der Waals surface area contributed by atoms with Gasteiger partial charge in [0.05, 0.1) is 33.6 Å². The second-order valence-electron chi connectivity index (χ2n) is 6.31. The molecule has 0 spiro atoms. The van der Waals surface area contributed by atoms with Gasteiger partial charge < -0.3 is 33.5 Å². The van der Waals surface area contributed by atoms with Crippen LogP contribution in [0.2, 0.25) is 0 Å². The molecule has 0 fully saturated rings. The number of fused-ring (bicyclic) bond motifs is 1. The number of carbonyl (C=O) groups is 1. The second kappa shape index (κ2) is 11.0. The molecule has 3 aromatic rings. The van der Waals surface area contributed by atoms with Gasteiger partial charge in [0, 0.05) is 13.2 Å². The van der Waals surface area contributed by atoms with E-state index in [0.29, 0.717) is 42.0 Å². The Labute approximate surface area is 183 Å². The maximum atomic E-state index is 10.8. The van der Waals surface area contributed by atoms with Gasteiger partial charge in [-0.2, -0.15) is 0 Å². The normalized spacial score (nSPS) is 10.7. The largest absolute Gasteiger partial charge is 0.493 e. The van der Waals surface area contributed by atoms with Gasteiger partial charge in [-0.15, -0.1) is 5.10 Å². The van der Waals surface area contributed by atoms with E-state index in [1.807, 2.05) is 0 Å². The minimum absolute atomic E-state index is 0.0134. The quantitative estimate of drug-likeness (QED) is 0.314. The van der Waals surface area contributed by atoms with E-state index in [9.17, 15) is 4.79 Å². The van der Waals surface area contributed by atoms with Crippen molar-refractivity contribution in [3.63, 3.8) is 0 Å². The van der Waals surface area contributed by atoms with Crippen molar-refractivity contribution in [1.29, 1.82) is 0 Å². The molecule has 0 aliphatic heterocycles. The van der Waals surface area contributed by atoms with E-state index >= 15 is 0 Å². The molecule has 2 N–H and O–H groups in total. The molecule has 1 aromatic carbocycles. The van der Waals surface area contributed by atoms with Crippen LogP contribution in [0.25, 0.3) is 5.65 Å². The first-order valence-corrected chi connectivity index (χ1v) is 9.47. The lowest BCUT2D eigenvalue weighted by Crippen LogP contribution is -2.09. The Morgan fingerprint density at radius 1 is 1.09 bits per heavy atom. The maximum absolute atomic E-state index is 10.8. The molecular formula is C20H24N4O8. The summed E-state index contributed by atoms with van der Waals surface area (Å²) < 4.78 is 34.0. The van der Waals surface area contributed by atoms with E-state index in [4.69, 9.17) is 33.5 Å². The van der Waals surface area contributed by atoms with E-state index in [1.54, 1.807) is 31.4 Å². The number of carboxylic acid groups (broad SMARTS) is 1. The first-order valence-electron chi connectivity index (χ1n) is 9.47. The molecule has 0 bridgehead atoms. The monoisotopic (exact) mass is 448 g/mol. The molecule has 172 valence electrons. The molecular weight excluding hydrogens is 424 g/mol. The average Bonchev–Trinajstić information content (AvgIpc) is 3.18. The number of nitrogens with zero attached hydrogens (tertiary/aromatic N) is 3. The fourth-order valence-electron chi connectivity index (χ4n) is 2.73. The molecule has 2 heterocycles.